The lowest BCUT2D eigenvalue weighted by molar-refractivity contribution is -0.178. The van der Waals surface area contributed by atoms with Crippen LogP contribution in [0.15, 0.2) is 12.7 Å². The summed E-state index contributed by atoms with van der Waals surface area (Å²) in [5, 5.41) is 1.61. The van der Waals surface area contributed by atoms with Crippen LogP contribution in [-0.2, 0) is 14.3 Å². The average Bonchev–Trinajstić information content (AvgIpc) is 2.22. The van der Waals surface area contributed by atoms with E-state index in [1.54, 1.807) is 5.32 Å². The van der Waals surface area contributed by atoms with Crippen LogP contribution < -0.4 is 5.32 Å². The normalized spacial score (nSPS) is 15.0. The fourth-order valence-electron chi connectivity index (χ4n) is 1.23. The number of carbonyl (C=O) groups is 2. The maximum Gasteiger partial charge on any atom is 0.471 e. The van der Waals surface area contributed by atoms with Gasteiger partial charge in [-0.25, -0.2) is 4.79 Å². The Kier molecular flexibility index (Phi) is 4.73. The molecule has 98 valence electrons. The van der Waals surface area contributed by atoms with Crippen molar-refractivity contribution in [3.05, 3.63) is 12.7 Å². The predicted octanol–water partition coefficient (Wildman–Crippen LogP) is 1.42. The lowest BCUT2D eigenvalue weighted by Crippen LogP contribution is -2.59. The van der Waals surface area contributed by atoms with Gasteiger partial charge in [-0.2, -0.15) is 13.2 Å². The van der Waals surface area contributed by atoms with E-state index in [0.29, 0.717) is 0 Å². The molecule has 0 rings (SSSR count). The molecule has 0 spiro atoms. The maximum absolute atomic E-state index is 12.1. The van der Waals surface area contributed by atoms with Crippen LogP contribution in [0.2, 0.25) is 0 Å². The number of ether oxygens (including phenoxy) is 1. The molecule has 4 nitrogen and oxygen atoms in total. The van der Waals surface area contributed by atoms with E-state index in [1.807, 2.05) is 0 Å². The Hall–Kier alpha value is -1.53. The van der Waals surface area contributed by atoms with Gasteiger partial charge in [-0.05, 0) is 5.92 Å². The topological polar surface area (TPSA) is 55.4 Å². The van der Waals surface area contributed by atoms with E-state index in [9.17, 15) is 22.8 Å². The van der Waals surface area contributed by atoms with Crippen molar-refractivity contribution < 1.29 is 27.5 Å². The van der Waals surface area contributed by atoms with E-state index in [2.05, 4.69) is 11.3 Å². The lowest BCUT2D eigenvalue weighted by atomic mass is 9.86. The number of alkyl halides is 3. The zero-order valence-electron chi connectivity index (χ0n) is 9.72. The van der Waals surface area contributed by atoms with Crippen molar-refractivity contribution in [1.29, 1.82) is 0 Å². The standard InChI is InChI=1S/C10H14F3NO3/c1-5-9(6(2)3,8(16)17-4)14-7(15)10(11,12)13/h5-6H,1H2,2-4H3,(H,14,15)/t9-/m1/s1. The molecule has 0 aromatic heterocycles. The summed E-state index contributed by atoms with van der Waals surface area (Å²) in [5.41, 5.74) is -1.89. The summed E-state index contributed by atoms with van der Waals surface area (Å²) in [6, 6.07) is 0. The second-order valence-corrected chi connectivity index (χ2v) is 3.67. The van der Waals surface area contributed by atoms with Gasteiger partial charge < -0.3 is 10.1 Å². The quantitative estimate of drug-likeness (QED) is 0.609. The van der Waals surface area contributed by atoms with Crippen molar-refractivity contribution in [2.75, 3.05) is 7.11 Å². The zero-order chi connectivity index (χ0) is 13.9. The molecule has 0 heterocycles. The molecule has 0 aliphatic heterocycles. The fraction of sp³-hybridized carbons (Fsp3) is 0.600. The third kappa shape index (κ3) is 3.21. The zero-order valence-corrected chi connectivity index (χ0v) is 9.72. The summed E-state index contributed by atoms with van der Waals surface area (Å²) in [6.45, 7) is 6.21. The van der Waals surface area contributed by atoms with Gasteiger partial charge in [0.1, 0.15) is 0 Å². The van der Waals surface area contributed by atoms with E-state index in [1.165, 1.54) is 13.8 Å². The minimum Gasteiger partial charge on any atom is -0.467 e. The van der Waals surface area contributed by atoms with Crippen molar-refractivity contribution in [3.8, 4) is 0 Å². The van der Waals surface area contributed by atoms with Crippen molar-refractivity contribution in [1.82, 2.24) is 5.32 Å². The predicted molar refractivity (Wildman–Crippen MR) is 54.0 cm³/mol. The summed E-state index contributed by atoms with van der Waals surface area (Å²) in [5.74, 6) is -3.85. The Morgan fingerprint density at radius 2 is 1.82 bits per heavy atom. The summed E-state index contributed by atoms with van der Waals surface area (Å²) in [7, 11) is 1.02. The van der Waals surface area contributed by atoms with Crippen LogP contribution in [0.25, 0.3) is 0 Å². The van der Waals surface area contributed by atoms with Crippen LogP contribution in [0.4, 0.5) is 13.2 Å². The van der Waals surface area contributed by atoms with Gasteiger partial charge in [0, 0.05) is 0 Å². The molecule has 17 heavy (non-hydrogen) atoms. The largest absolute Gasteiger partial charge is 0.471 e. The number of nitrogens with one attached hydrogen (secondary N) is 1. The van der Waals surface area contributed by atoms with Crippen LogP contribution in [0.1, 0.15) is 13.8 Å². The van der Waals surface area contributed by atoms with Crippen LogP contribution in [0.3, 0.4) is 0 Å². The van der Waals surface area contributed by atoms with Crippen LogP contribution >= 0.6 is 0 Å². The Morgan fingerprint density at radius 3 is 2.06 bits per heavy atom. The molecule has 0 saturated heterocycles. The van der Waals surface area contributed by atoms with Gasteiger partial charge in [0.25, 0.3) is 0 Å². The van der Waals surface area contributed by atoms with Gasteiger partial charge >= 0.3 is 18.1 Å². The highest BCUT2D eigenvalue weighted by Gasteiger charge is 2.48. The monoisotopic (exact) mass is 253 g/mol. The van der Waals surface area contributed by atoms with Gasteiger partial charge in [0.2, 0.25) is 0 Å². The number of carbonyl (C=O) groups excluding carboxylic acids is 2. The number of esters is 1. The molecule has 0 saturated carbocycles. The average molecular weight is 253 g/mol. The van der Waals surface area contributed by atoms with Crippen molar-refractivity contribution >= 4 is 11.9 Å². The molecule has 7 heteroatoms. The van der Waals surface area contributed by atoms with Crippen LogP contribution in [-0.4, -0.2) is 30.7 Å². The van der Waals surface area contributed by atoms with Gasteiger partial charge in [0.15, 0.2) is 5.54 Å². The molecule has 0 unspecified atom stereocenters. The number of hydrogen-bond acceptors (Lipinski definition) is 3. The molecular weight excluding hydrogens is 239 g/mol. The second-order valence-electron chi connectivity index (χ2n) is 3.67. The highest BCUT2D eigenvalue weighted by atomic mass is 19.4. The van der Waals surface area contributed by atoms with E-state index >= 15 is 0 Å². The third-order valence-electron chi connectivity index (χ3n) is 2.33. The molecule has 1 N–H and O–H groups in total. The van der Waals surface area contributed by atoms with Crippen molar-refractivity contribution in [2.45, 2.75) is 25.6 Å². The van der Waals surface area contributed by atoms with Gasteiger partial charge in [-0.15, -0.1) is 6.58 Å². The molecule has 0 aliphatic carbocycles. The molecule has 0 aromatic carbocycles. The Morgan fingerprint density at radius 1 is 1.35 bits per heavy atom. The SMILES string of the molecule is C=C[C@](NC(=O)C(F)(F)F)(C(=O)OC)C(C)C. The van der Waals surface area contributed by atoms with Gasteiger partial charge in [-0.1, -0.05) is 19.9 Å². The first-order chi connectivity index (χ1) is 7.61. The lowest BCUT2D eigenvalue weighted by Gasteiger charge is -2.32. The molecule has 1 amide bonds. The molecular formula is C10H14F3NO3. The Labute approximate surface area is 96.8 Å². The smallest absolute Gasteiger partial charge is 0.467 e. The minimum absolute atomic E-state index is 0.640. The van der Waals surface area contributed by atoms with E-state index in [0.717, 1.165) is 13.2 Å². The first kappa shape index (κ1) is 15.5. The second kappa shape index (κ2) is 5.20. The summed E-state index contributed by atoms with van der Waals surface area (Å²) in [4.78, 5) is 22.4. The number of rotatable bonds is 4. The molecule has 0 radical (unpaired) electrons. The number of hydrogen-bond donors (Lipinski definition) is 1. The summed E-state index contributed by atoms with van der Waals surface area (Å²) < 4.78 is 40.8. The number of amides is 1. The maximum atomic E-state index is 12.1. The Bertz CT molecular complexity index is 325. The molecule has 0 aromatic rings. The highest BCUT2D eigenvalue weighted by Crippen LogP contribution is 2.23. The van der Waals surface area contributed by atoms with E-state index in [4.69, 9.17) is 0 Å². The highest BCUT2D eigenvalue weighted by molar-refractivity contribution is 5.92. The fourth-order valence-corrected chi connectivity index (χ4v) is 1.23. The van der Waals surface area contributed by atoms with E-state index in [-0.39, 0.29) is 0 Å². The van der Waals surface area contributed by atoms with Crippen molar-refractivity contribution in [3.63, 3.8) is 0 Å². The number of methoxy groups -OCH3 is 1. The molecule has 0 fully saturated rings. The summed E-state index contributed by atoms with van der Waals surface area (Å²) in [6.07, 6.45) is -4.13. The van der Waals surface area contributed by atoms with Gasteiger partial charge in [-0.3, -0.25) is 4.79 Å². The molecule has 0 bridgehead atoms. The van der Waals surface area contributed by atoms with Crippen LogP contribution in [0.5, 0.6) is 0 Å². The Balaban J connectivity index is 5.29. The summed E-state index contributed by atoms with van der Waals surface area (Å²) >= 11 is 0. The van der Waals surface area contributed by atoms with Crippen LogP contribution in [0, 0.1) is 5.92 Å². The minimum atomic E-state index is -5.07. The molecule has 1 atom stereocenters. The first-order valence-electron chi connectivity index (χ1n) is 4.73. The molecule has 0 aliphatic rings. The van der Waals surface area contributed by atoms with E-state index < -0.39 is 29.5 Å². The van der Waals surface area contributed by atoms with Gasteiger partial charge in [0.05, 0.1) is 7.11 Å². The first-order valence-corrected chi connectivity index (χ1v) is 4.73. The van der Waals surface area contributed by atoms with Crippen molar-refractivity contribution in [2.24, 2.45) is 5.92 Å². The third-order valence-corrected chi connectivity index (χ3v) is 2.33. The number of halogens is 3.